The first-order chi connectivity index (χ1) is 6.95. The summed E-state index contributed by atoms with van der Waals surface area (Å²) in [5, 5.41) is 8.74. The average Bonchev–Trinajstić information content (AvgIpc) is 2.17. The van der Waals surface area contributed by atoms with Crippen LogP contribution in [0.5, 0.6) is 0 Å². The van der Waals surface area contributed by atoms with Gasteiger partial charge in [0.1, 0.15) is 0 Å². The fraction of sp³-hybridized carbons (Fsp3) is 0.900. The van der Waals surface area contributed by atoms with E-state index in [1.54, 1.807) is 4.90 Å². The molecule has 88 valence electrons. The minimum absolute atomic E-state index is 0.128. The highest BCUT2D eigenvalue weighted by Gasteiger charge is 2.33. The Morgan fingerprint density at radius 1 is 1.33 bits per heavy atom. The second kappa shape index (κ2) is 4.90. The van der Waals surface area contributed by atoms with Gasteiger partial charge < -0.3 is 10.0 Å². The monoisotopic (exact) mass is 218 g/mol. The summed E-state index contributed by atoms with van der Waals surface area (Å²) < 4.78 is 13.4. The normalized spacial score (nSPS) is 19.3. The lowest BCUT2D eigenvalue weighted by molar-refractivity contribution is -0.143. The van der Waals surface area contributed by atoms with Crippen LogP contribution in [0.25, 0.3) is 0 Å². The van der Waals surface area contributed by atoms with E-state index in [1.807, 2.05) is 0 Å². The molecule has 1 N–H and O–H groups in total. The number of alkyl halides is 1. The Morgan fingerprint density at radius 3 is 2.27 bits per heavy atom. The largest absolute Gasteiger partial charge is 0.395 e. The fourth-order valence-electron chi connectivity index (χ4n) is 1.69. The molecule has 4 nitrogen and oxygen atoms in total. The van der Waals surface area contributed by atoms with Gasteiger partial charge in [-0.2, -0.15) is 0 Å². The van der Waals surface area contributed by atoms with E-state index < -0.39 is 11.6 Å². The number of carbonyl (C=O) groups excluding carboxylic acids is 1. The molecule has 0 aromatic carbocycles. The molecule has 1 heterocycles. The molecule has 15 heavy (non-hydrogen) atoms. The zero-order valence-electron chi connectivity index (χ0n) is 9.37. The summed E-state index contributed by atoms with van der Waals surface area (Å²) in [5.41, 5.74) is -1.78. The van der Waals surface area contributed by atoms with Crippen molar-refractivity contribution in [2.24, 2.45) is 0 Å². The molecule has 0 spiro atoms. The third kappa shape index (κ3) is 3.43. The van der Waals surface area contributed by atoms with Gasteiger partial charge in [-0.15, -0.1) is 0 Å². The van der Waals surface area contributed by atoms with Gasteiger partial charge >= 0.3 is 0 Å². The Hall–Kier alpha value is -0.680. The zero-order valence-corrected chi connectivity index (χ0v) is 9.37. The van der Waals surface area contributed by atoms with E-state index in [-0.39, 0.29) is 6.61 Å². The van der Waals surface area contributed by atoms with E-state index in [0.29, 0.717) is 32.7 Å². The van der Waals surface area contributed by atoms with Gasteiger partial charge in [-0.25, -0.2) is 4.39 Å². The van der Waals surface area contributed by atoms with Crippen molar-refractivity contribution in [3.8, 4) is 0 Å². The molecular weight excluding hydrogens is 199 g/mol. The van der Waals surface area contributed by atoms with Crippen LogP contribution in [0.15, 0.2) is 0 Å². The van der Waals surface area contributed by atoms with Crippen LogP contribution in [0.1, 0.15) is 13.8 Å². The Kier molecular flexibility index (Phi) is 4.04. The Bertz CT molecular complexity index is 220. The Morgan fingerprint density at radius 2 is 1.87 bits per heavy atom. The lowest BCUT2D eigenvalue weighted by Gasteiger charge is -2.36. The molecule has 1 aliphatic rings. The minimum Gasteiger partial charge on any atom is -0.395 e. The van der Waals surface area contributed by atoms with E-state index in [1.165, 1.54) is 13.8 Å². The summed E-state index contributed by atoms with van der Waals surface area (Å²) in [7, 11) is 0. The quantitative estimate of drug-likeness (QED) is 0.717. The molecule has 0 radical (unpaired) electrons. The number of piperazine rings is 1. The van der Waals surface area contributed by atoms with Gasteiger partial charge in [0.05, 0.1) is 6.61 Å². The SMILES string of the molecule is CC(C)(F)C(=O)N1CCN(CCO)CC1. The zero-order chi connectivity index (χ0) is 11.5. The van der Waals surface area contributed by atoms with Crippen molar-refractivity contribution in [2.75, 3.05) is 39.3 Å². The maximum atomic E-state index is 13.4. The smallest absolute Gasteiger partial charge is 0.259 e. The molecule has 0 unspecified atom stereocenters. The molecule has 1 saturated heterocycles. The Balaban J connectivity index is 2.41. The lowest BCUT2D eigenvalue weighted by atomic mass is 10.1. The molecule has 5 heteroatoms. The molecular formula is C10H19FN2O2. The topological polar surface area (TPSA) is 43.8 Å². The molecule has 0 aromatic rings. The van der Waals surface area contributed by atoms with Crippen LogP contribution in [0.3, 0.4) is 0 Å². The Labute approximate surface area is 89.7 Å². The highest BCUT2D eigenvalue weighted by Crippen LogP contribution is 2.14. The van der Waals surface area contributed by atoms with Crippen molar-refractivity contribution in [3.05, 3.63) is 0 Å². The predicted octanol–water partition coefficient (Wildman–Crippen LogP) is -0.129. The first kappa shape index (κ1) is 12.4. The second-order valence-corrected chi connectivity index (χ2v) is 4.33. The summed E-state index contributed by atoms with van der Waals surface area (Å²) in [5.74, 6) is -0.439. The van der Waals surface area contributed by atoms with Gasteiger partial charge in [0.15, 0.2) is 5.67 Å². The number of aliphatic hydroxyl groups excluding tert-OH is 1. The van der Waals surface area contributed by atoms with E-state index in [9.17, 15) is 9.18 Å². The molecule has 0 saturated carbocycles. The van der Waals surface area contributed by atoms with Crippen LogP contribution in [0, 0.1) is 0 Å². The van der Waals surface area contributed by atoms with E-state index >= 15 is 0 Å². The molecule has 1 rings (SSSR count). The van der Waals surface area contributed by atoms with Crippen LogP contribution in [-0.2, 0) is 4.79 Å². The number of nitrogens with zero attached hydrogens (tertiary/aromatic N) is 2. The van der Waals surface area contributed by atoms with E-state index in [2.05, 4.69) is 4.90 Å². The predicted molar refractivity (Wildman–Crippen MR) is 55.3 cm³/mol. The van der Waals surface area contributed by atoms with Crippen LogP contribution >= 0.6 is 0 Å². The lowest BCUT2D eigenvalue weighted by Crippen LogP contribution is -2.53. The van der Waals surface area contributed by atoms with Gasteiger partial charge in [-0.05, 0) is 13.8 Å². The fourth-order valence-corrected chi connectivity index (χ4v) is 1.69. The van der Waals surface area contributed by atoms with Crippen molar-refractivity contribution in [1.82, 2.24) is 9.80 Å². The average molecular weight is 218 g/mol. The number of amides is 1. The van der Waals surface area contributed by atoms with Crippen molar-refractivity contribution < 1.29 is 14.3 Å². The number of aliphatic hydroxyl groups is 1. The standard InChI is InChI=1S/C10H19FN2O2/c1-10(2,11)9(15)13-5-3-12(4-6-13)7-8-14/h14H,3-8H2,1-2H3. The molecule has 1 aliphatic heterocycles. The highest BCUT2D eigenvalue weighted by atomic mass is 19.1. The van der Waals surface area contributed by atoms with Crippen LogP contribution < -0.4 is 0 Å². The van der Waals surface area contributed by atoms with Crippen molar-refractivity contribution >= 4 is 5.91 Å². The number of halogens is 1. The number of rotatable bonds is 3. The van der Waals surface area contributed by atoms with Crippen LogP contribution in [0.4, 0.5) is 4.39 Å². The van der Waals surface area contributed by atoms with E-state index in [0.717, 1.165) is 0 Å². The third-order valence-electron chi connectivity index (χ3n) is 2.58. The van der Waals surface area contributed by atoms with E-state index in [4.69, 9.17) is 5.11 Å². The number of β-amino-alcohol motifs (C(OH)–C–C–N with tert-alkyl or cyclic N) is 1. The van der Waals surface area contributed by atoms with Crippen molar-refractivity contribution in [3.63, 3.8) is 0 Å². The molecule has 1 amide bonds. The first-order valence-corrected chi connectivity index (χ1v) is 5.26. The van der Waals surface area contributed by atoms with Gasteiger partial charge in [0.2, 0.25) is 0 Å². The number of hydrogen-bond donors (Lipinski definition) is 1. The summed E-state index contributed by atoms with van der Waals surface area (Å²) in [4.78, 5) is 15.2. The van der Waals surface area contributed by atoms with Crippen LogP contribution in [-0.4, -0.2) is 65.8 Å². The van der Waals surface area contributed by atoms with Crippen molar-refractivity contribution in [1.29, 1.82) is 0 Å². The summed E-state index contributed by atoms with van der Waals surface area (Å²) in [6.07, 6.45) is 0. The second-order valence-electron chi connectivity index (χ2n) is 4.33. The molecule has 0 atom stereocenters. The van der Waals surface area contributed by atoms with Gasteiger partial charge in [-0.1, -0.05) is 0 Å². The number of carbonyl (C=O) groups is 1. The maximum absolute atomic E-state index is 13.4. The summed E-state index contributed by atoms with van der Waals surface area (Å²) >= 11 is 0. The number of hydrogen-bond acceptors (Lipinski definition) is 3. The van der Waals surface area contributed by atoms with Gasteiger partial charge in [-0.3, -0.25) is 9.69 Å². The maximum Gasteiger partial charge on any atom is 0.259 e. The van der Waals surface area contributed by atoms with Gasteiger partial charge in [0.25, 0.3) is 5.91 Å². The molecule has 0 aromatic heterocycles. The summed E-state index contributed by atoms with van der Waals surface area (Å²) in [6.45, 7) is 5.84. The highest BCUT2D eigenvalue weighted by molar-refractivity contribution is 5.84. The first-order valence-electron chi connectivity index (χ1n) is 5.26. The molecule has 0 bridgehead atoms. The summed E-state index contributed by atoms with van der Waals surface area (Å²) in [6, 6.07) is 0. The minimum atomic E-state index is -1.78. The molecule has 1 fully saturated rings. The molecule has 0 aliphatic carbocycles. The van der Waals surface area contributed by atoms with Crippen LogP contribution in [0.2, 0.25) is 0 Å². The van der Waals surface area contributed by atoms with Gasteiger partial charge in [0, 0.05) is 32.7 Å². The third-order valence-corrected chi connectivity index (χ3v) is 2.58. The van der Waals surface area contributed by atoms with Crippen molar-refractivity contribution in [2.45, 2.75) is 19.5 Å².